The molecule has 1 aromatic carbocycles. The number of hydrogen-bond acceptors (Lipinski definition) is 1. The molecular formula is C12H14N2. The minimum absolute atomic E-state index is 0.561. The van der Waals surface area contributed by atoms with Crippen LogP contribution in [-0.2, 0) is 6.54 Å². The van der Waals surface area contributed by atoms with E-state index in [0.717, 1.165) is 5.69 Å². The normalized spacial score (nSPS) is 10.4. The van der Waals surface area contributed by atoms with Gasteiger partial charge in [-0.2, -0.15) is 0 Å². The fraction of sp³-hybridized carbons (Fsp3) is 0.167. The third-order valence-corrected chi connectivity index (χ3v) is 2.42. The average Bonchev–Trinajstić information content (AvgIpc) is 2.67. The summed E-state index contributed by atoms with van der Waals surface area (Å²) >= 11 is 0. The highest BCUT2D eigenvalue weighted by atomic mass is 14.7. The van der Waals surface area contributed by atoms with Crippen LogP contribution in [0, 0.1) is 6.92 Å². The lowest BCUT2D eigenvalue weighted by atomic mass is 10.0. The summed E-state index contributed by atoms with van der Waals surface area (Å²) in [6.45, 7) is 2.68. The second kappa shape index (κ2) is 3.68. The number of rotatable bonds is 2. The Morgan fingerprint density at radius 2 is 2.07 bits per heavy atom. The first-order chi connectivity index (χ1) is 6.81. The van der Waals surface area contributed by atoms with Crippen LogP contribution in [0.15, 0.2) is 36.5 Å². The van der Waals surface area contributed by atoms with Gasteiger partial charge in [0.15, 0.2) is 0 Å². The lowest BCUT2D eigenvalue weighted by Crippen LogP contribution is -1.94. The van der Waals surface area contributed by atoms with Gasteiger partial charge in [0, 0.05) is 18.4 Å². The van der Waals surface area contributed by atoms with Crippen molar-refractivity contribution in [3.05, 3.63) is 47.8 Å². The molecule has 0 bridgehead atoms. The molecule has 0 saturated carbocycles. The number of aryl methyl sites for hydroxylation is 1. The minimum atomic E-state index is 0.561. The van der Waals surface area contributed by atoms with Gasteiger partial charge >= 0.3 is 0 Å². The average molecular weight is 186 g/mol. The number of aromatic nitrogens is 1. The Bertz CT molecular complexity index is 429. The number of aromatic amines is 1. The van der Waals surface area contributed by atoms with E-state index in [-0.39, 0.29) is 0 Å². The SMILES string of the molecule is Cc1ccccc1-c1c[nH]c(CN)c1. The summed E-state index contributed by atoms with van der Waals surface area (Å²) in [7, 11) is 0. The van der Waals surface area contributed by atoms with Gasteiger partial charge in [0.1, 0.15) is 0 Å². The van der Waals surface area contributed by atoms with Crippen LogP contribution in [0.2, 0.25) is 0 Å². The topological polar surface area (TPSA) is 41.8 Å². The molecular weight excluding hydrogens is 172 g/mol. The van der Waals surface area contributed by atoms with Crippen LogP contribution in [-0.4, -0.2) is 4.98 Å². The van der Waals surface area contributed by atoms with Gasteiger partial charge in [-0.1, -0.05) is 24.3 Å². The fourth-order valence-corrected chi connectivity index (χ4v) is 1.61. The van der Waals surface area contributed by atoms with Crippen molar-refractivity contribution in [2.45, 2.75) is 13.5 Å². The number of nitrogens with two attached hydrogens (primary N) is 1. The summed E-state index contributed by atoms with van der Waals surface area (Å²) in [4.78, 5) is 3.16. The largest absolute Gasteiger partial charge is 0.363 e. The molecule has 0 radical (unpaired) electrons. The molecule has 0 unspecified atom stereocenters. The van der Waals surface area contributed by atoms with Crippen LogP contribution < -0.4 is 5.73 Å². The number of benzene rings is 1. The van der Waals surface area contributed by atoms with E-state index >= 15 is 0 Å². The van der Waals surface area contributed by atoms with Crippen molar-refractivity contribution < 1.29 is 0 Å². The van der Waals surface area contributed by atoms with Gasteiger partial charge in [0.25, 0.3) is 0 Å². The molecule has 14 heavy (non-hydrogen) atoms. The Morgan fingerprint density at radius 1 is 1.29 bits per heavy atom. The summed E-state index contributed by atoms with van der Waals surface area (Å²) < 4.78 is 0. The lowest BCUT2D eigenvalue weighted by Gasteiger charge is -2.01. The first kappa shape index (κ1) is 9.03. The Morgan fingerprint density at radius 3 is 2.71 bits per heavy atom. The van der Waals surface area contributed by atoms with E-state index in [0.29, 0.717) is 6.54 Å². The third-order valence-electron chi connectivity index (χ3n) is 2.42. The lowest BCUT2D eigenvalue weighted by molar-refractivity contribution is 1.01. The van der Waals surface area contributed by atoms with Crippen molar-refractivity contribution in [2.75, 3.05) is 0 Å². The summed E-state index contributed by atoms with van der Waals surface area (Å²) in [5.74, 6) is 0. The molecule has 0 aliphatic heterocycles. The zero-order valence-electron chi connectivity index (χ0n) is 8.25. The second-order valence-corrected chi connectivity index (χ2v) is 3.43. The van der Waals surface area contributed by atoms with Gasteiger partial charge in [0.2, 0.25) is 0 Å². The molecule has 2 aromatic rings. The smallest absolute Gasteiger partial charge is 0.0332 e. The van der Waals surface area contributed by atoms with Crippen LogP contribution in [0.1, 0.15) is 11.3 Å². The molecule has 0 atom stereocenters. The molecule has 0 fully saturated rings. The monoisotopic (exact) mass is 186 g/mol. The van der Waals surface area contributed by atoms with Crippen LogP contribution in [0.25, 0.3) is 11.1 Å². The first-order valence-electron chi connectivity index (χ1n) is 4.74. The van der Waals surface area contributed by atoms with Gasteiger partial charge in [-0.05, 0) is 29.7 Å². The quantitative estimate of drug-likeness (QED) is 0.743. The van der Waals surface area contributed by atoms with Crippen molar-refractivity contribution in [3.63, 3.8) is 0 Å². The molecule has 72 valence electrons. The summed E-state index contributed by atoms with van der Waals surface area (Å²) in [5.41, 5.74) is 10.4. The van der Waals surface area contributed by atoms with Gasteiger partial charge < -0.3 is 10.7 Å². The van der Waals surface area contributed by atoms with Crippen molar-refractivity contribution in [2.24, 2.45) is 5.73 Å². The van der Waals surface area contributed by atoms with E-state index in [1.807, 2.05) is 6.20 Å². The Labute approximate surface area is 83.8 Å². The van der Waals surface area contributed by atoms with E-state index in [4.69, 9.17) is 5.73 Å². The van der Waals surface area contributed by atoms with Gasteiger partial charge in [0.05, 0.1) is 0 Å². The molecule has 2 nitrogen and oxygen atoms in total. The van der Waals surface area contributed by atoms with Crippen LogP contribution in [0.4, 0.5) is 0 Å². The van der Waals surface area contributed by atoms with Crippen molar-refractivity contribution in [1.82, 2.24) is 4.98 Å². The summed E-state index contributed by atoms with van der Waals surface area (Å²) in [6, 6.07) is 10.4. The van der Waals surface area contributed by atoms with Crippen molar-refractivity contribution in [1.29, 1.82) is 0 Å². The minimum Gasteiger partial charge on any atom is -0.363 e. The third kappa shape index (κ3) is 1.56. The van der Waals surface area contributed by atoms with E-state index < -0.39 is 0 Å². The second-order valence-electron chi connectivity index (χ2n) is 3.43. The highest BCUT2D eigenvalue weighted by Gasteiger charge is 2.02. The van der Waals surface area contributed by atoms with Crippen LogP contribution >= 0.6 is 0 Å². The predicted octanol–water partition coefficient (Wildman–Crippen LogP) is 2.45. The van der Waals surface area contributed by atoms with Crippen LogP contribution in [0.3, 0.4) is 0 Å². The predicted molar refractivity (Wildman–Crippen MR) is 58.9 cm³/mol. The molecule has 3 N–H and O–H groups in total. The summed E-state index contributed by atoms with van der Waals surface area (Å²) in [6.07, 6.45) is 2.00. The molecule has 0 aliphatic rings. The maximum absolute atomic E-state index is 5.55. The van der Waals surface area contributed by atoms with E-state index in [2.05, 4.69) is 42.2 Å². The van der Waals surface area contributed by atoms with E-state index in [1.54, 1.807) is 0 Å². The zero-order chi connectivity index (χ0) is 9.97. The maximum atomic E-state index is 5.55. The Hall–Kier alpha value is -1.54. The van der Waals surface area contributed by atoms with Gasteiger partial charge in [-0.3, -0.25) is 0 Å². The Balaban J connectivity index is 2.44. The standard InChI is InChI=1S/C12H14N2/c1-9-4-2-3-5-12(9)10-6-11(7-13)14-8-10/h2-6,8,14H,7,13H2,1H3. The molecule has 1 aromatic heterocycles. The summed E-state index contributed by atoms with van der Waals surface area (Å²) in [5, 5.41) is 0. The van der Waals surface area contributed by atoms with E-state index in [1.165, 1.54) is 16.7 Å². The first-order valence-corrected chi connectivity index (χ1v) is 4.74. The fourth-order valence-electron chi connectivity index (χ4n) is 1.61. The number of hydrogen-bond donors (Lipinski definition) is 2. The molecule has 0 aliphatic carbocycles. The van der Waals surface area contributed by atoms with Gasteiger partial charge in [-0.15, -0.1) is 0 Å². The number of nitrogens with one attached hydrogen (secondary N) is 1. The maximum Gasteiger partial charge on any atom is 0.0332 e. The molecule has 1 heterocycles. The zero-order valence-corrected chi connectivity index (χ0v) is 8.25. The molecule has 2 rings (SSSR count). The van der Waals surface area contributed by atoms with Crippen molar-refractivity contribution >= 4 is 0 Å². The number of H-pyrrole nitrogens is 1. The van der Waals surface area contributed by atoms with Gasteiger partial charge in [-0.25, -0.2) is 0 Å². The highest BCUT2D eigenvalue weighted by molar-refractivity contribution is 5.67. The molecule has 0 amide bonds. The molecule has 2 heteroatoms. The molecule has 0 saturated heterocycles. The van der Waals surface area contributed by atoms with Crippen molar-refractivity contribution in [3.8, 4) is 11.1 Å². The Kier molecular flexibility index (Phi) is 2.37. The molecule has 0 spiro atoms. The van der Waals surface area contributed by atoms with E-state index in [9.17, 15) is 0 Å². The van der Waals surface area contributed by atoms with Crippen LogP contribution in [0.5, 0.6) is 0 Å². The highest BCUT2D eigenvalue weighted by Crippen LogP contribution is 2.23.